The number of carbonyl (C=O) groups excluding carboxylic acids is 1. The minimum atomic E-state index is -0.175. The van der Waals surface area contributed by atoms with E-state index in [4.69, 9.17) is 4.99 Å². The largest absolute Gasteiger partial charge is 0.357 e. The number of guanidine groups is 1. The van der Waals surface area contributed by atoms with E-state index in [9.17, 15) is 9.18 Å². The molecule has 3 fully saturated rings. The van der Waals surface area contributed by atoms with Gasteiger partial charge in [0, 0.05) is 43.4 Å². The Bertz CT molecular complexity index is 745. The summed E-state index contributed by atoms with van der Waals surface area (Å²) in [5, 5.41) is 6.43. The molecule has 2 heterocycles. The molecule has 27 heavy (non-hydrogen) atoms. The molecule has 4 rings (SSSR count). The summed E-state index contributed by atoms with van der Waals surface area (Å²) in [5.41, 5.74) is 1.09. The lowest BCUT2D eigenvalue weighted by Crippen LogP contribution is -2.51. The fourth-order valence-corrected chi connectivity index (χ4v) is 4.59. The van der Waals surface area contributed by atoms with Gasteiger partial charge in [-0.2, -0.15) is 0 Å². The van der Waals surface area contributed by atoms with Crippen molar-refractivity contribution >= 4 is 11.9 Å². The number of halogens is 1. The molecule has 2 aliphatic heterocycles. The number of benzene rings is 1. The molecule has 0 aromatic heterocycles. The fraction of sp³-hybridized carbons (Fsp3) is 0.619. The van der Waals surface area contributed by atoms with Crippen LogP contribution >= 0.6 is 0 Å². The molecular formula is C21H29FN4O. The average molecular weight is 372 g/mol. The summed E-state index contributed by atoms with van der Waals surface area (Å²) in [6.07, 6.45) is 4.91. The van der Waals surface area contributed by atoms with Crippen molar-refractivity contribution in [3.63, 3.8) is 0 Å². The first-order chi connectivity index (χ1) is 13.0. The number of aliphatic imine (C=N–C) groups is 1. The van der Waals surface area contributed by atoms with Crippen LogP contribution in [0.4, 0.5) is 4.39 Å². The summed E-state index contributed by atoms with van der Waals surface area (Å²) in [4.78, 5) is 19.0. The van der Waals surface area contributed by atoms with Crippen LogP contribution in [-0.2, 0) is 10.2 Å². The van der Waals surface area contributed by atoms with E-state index in [2.05, 4.69) is 22.5 Å². The first-order valence-electron chi connectivity index (χ1n) is 10.1. The first kappa shape index (κ1) is 18.3. The highest BCUT2D eigenvalue weighted by molar-refractivity contribution is 5.82. The van der Waals surface area contributed by atoms with Crippen LogP contribution in [-0.4, -0.2) is 49.5 Å². The van der Waals surface area contributed by atoms with Crippen LogP contribution in [0, 0.1) is 11.2 Å². The van der Waals surface area contributed by atoms with Crippen molar-refractivity contribution < 1.29 is 9.18 Å². The molecule has 3 aliphatic rings. The monoisotopic (exact) mass is 372 g/mol. The normalized spacial score (nSPS) is 27.0. The Balaban J connectivity index is 1.50. The van der Waals surface area contributed by atoms with Gasteiger partial charge in [-0.25, -0.2) is 4.39 Å². The van der Waals surface area contributed by atoms with Gasteiger partial charge in [-0.15, -0.1) is 0 Å². The number of piperidine rings is 1. The van der Waals surface area contributed by atoms with Crippen LogP contribution in [0.25, 0.3) is 0 Å². The Kier molecular flexibility index (Phi) is 4.82. The first-order valence-corrected chi connectivity index (χ1v) is 10.1. The van der Waals surface area contributed by atoms with Gasteiger partial charge < -0.3 is 15.5 Å². The molecule has 1 unspecified atom stereocenters. The maximum absolute atomic E-state index is 13.6. The van der Waals surface area contributed by atoms with Crippen molar-refractivity contribution in [3.05, 3.63) is 35.6 Å². The van der Waals surface area contributed by atoms with E-state index < -0.39 is 0 Å². The zero-order chi connectivity index (χ0) is 18.9. The van der Waals surface area contributed by atoms with E-state index in [-0.39, 0.29) is 22.6 Å². The molecule has 1 aliphatic carbocycles. The van der Waals surface area contributed by atoms with Crippen molar-refractivity contribution in [1.29, 1.82) is 0 Å². The Hall–Kier alpha value is -2.11. The number of hydrogen-bond donors (Lipinski definition) is 2. The number of nitrogens with one attached hydrogen (secondary N) is 2. The second kappa shape index (κ2) is 7.13. The molecule has 2 N–H and O–H groups in total. The summed E-state index contributed by atoms with van der Waals surface area (Å²) >= 11 is 0. The number of rotatable bonds is 4. The highest BCUT2D eigenvalue weighted by atomic mass is 19.1. The highest BCUT2D eigenvalue weighted by Gasteiger charge is 2.45. The highest BCUT2D eigenvalue weighted by Crippen LogP contribution is 2.48. The second-order valence-electron chi connectivity index (χ2n) is 8.44. The van der Waals surface area contributed by atoms with Gasteiger partial charge in [-0.1, -0.05) is 12.1 Å². The number of likely N-dealkylation sites (tertiary alicyclic amines) is 1. The van der Waals surface area contributed by atoms with Gasteiger partial charge in [-0.3, -0.25) is 9.79 Å². The standard InChI is InChI=1S/C21H29FN4O/c1-2-23-19(26-10-4-7-20(15-26)12-18(27)24-13-20)25-14-21(8-9-21)16-5-3-6-17(22)11-16/h3,5-6,11H,2,4,7-10,12-15H2,1H3,(H,23,25)(H,24,27). The Morgan fingerprint density at radius 3 is 2.89 bits per heavy atom. The summed E-state index contributed by atoms with van der Waals surface area (Å²) in [5.74, 6) is 0.923. The van der Waals surface area contributed by atoms with E-state index in [1.165, 1.54) is 6.07 Å². The molecule has 5 nitrogen and oxygen atoms in total. The molecule has 0 bridgehead atoms. The van der Waals surface area contributed by atoms with Crippen molar-refractivity contribution in [1.82, 2.24) is 15.5 Å². The van der Waals surface area contributed by atoms with Gasteiger partial charge in [-0.05, 0) is 50.3 Å². The van der Waals surface area contributed by atoms with Crippen LogP contribution in [0.5, 0.6) is 0 Å². The molecule has 146 valence electrons. The molecule has 0 radical (unpaired) electrons. The number of nitrogens with zero attached hydrogens (tertiary/aromatic N) is 2. The van der Waals surface area contributed by atoms with Gasteiger partial charge in [0.15, 0.2) is 5.96 Å². The van der Waals surface area contributed by atoms with E-state index >= 15 is 0 Å². The topological polar surface area (TPSA) is 56.7 Å². The van der Waals surface area contributed by atoms with Crippen molar-refractivity contribution in [2.45, 2.75) is 44.4 Å². The predicted molar refractivity (Wildman–Crippen MR) is 104 cm³/mol. The summed E-state index contributed by atoms with van der Waals surface area (Å²) in [6, 6.07) is 6.96. The molecule has 6 heteroatoms. The fourth-order valence-electron chi connectivity index (χ4n) is 4.59. The zero-order valence-electron chi connectivity index (χ0n) is 16.1. The van der Waals surface area contributed by atoms with Crippen LogP contribution in [0.15, 0.2) is 29.3 Å². The second-order valence-corrected chi connectivity index (χ2v) is 8.44. The maximum atomic E-state index is 13.6. The molecule has 1 aromatic carbocycles. The van der Waals surface area contributed by atoms with E-state index in [0.29, 0.717) is 13.0 Å². The summed E-state index contributed by atoms with van der Waals surface area (Å²) in [7, 11) is 0. The zero-order valence-corrected chi connectivity index (χ0v) is 16.1. The molecule has 1 aromatic rings. The lowest BCUT2D eigenvalue weighted by molar-refractivity contribution is -0.119. The summed E-state index contributed by atoms with van der Waals surface area (Å²) in [6.45, 7) is 6.18. The lowest BCUT2D eigenvalue weighted by Gasteiger charge is -2.41. The smallest absolute Gasteiger partial charge is 0.220 e. The molecular weight excluding hydrogens is 343 g/mol. The molecule has 2 saturated heterocycles. The van der Waals surface area contributed by atoms with Crippen LogP contribution < -0.4 is 10.6 Å². The van der Waals surface area contributed by atoms with Gasteiger partial charge in [0.1, 0.15) is 5.82 Å². The van der Waals surface area contributed by atoms with Crippen LogP contribution in [0.3, 0.4) is 0 Å². The third-order valence-electron chi connectivity index (χ3n) is 6.31. The molecule has 1 atom stereocenters. The van der Waals surface area contributed by atoms with E-state index in [0.717, 1.165) is 63.4 Å². The number of amides is 1. The third kappa shape index (κ3) is 3.80. The lowest BCUT2D eigenvalue weighted by atomic mass is 9.79. The Morgan fingerprint density at radius 2 is 2.22 bits per heavy atom. The minimum Gasteiger partial charge on any atom is -0.357 e. The van der Waals surface area contributed by atoms with Gasteiger partial charge in [0.25, 0.3) is 0 Å². The third-order valence-corrected chi connectivity index (χ3v) is 6.31. The van der Waals surface area contributed by atoms with Crippen LogP contribution in [0.2, 0.25) is 0 Å². The van der Waals surface area contributed by atoms with E-state index in [1.54, 1.807) is 12.1 Å². The molecule has 1 spiro atoms. The predicted octanol–water partition coefficient (Wildman–Crippen LogP) is 2.42. The number of hydrogen-bond acceptors (Lipinski definition) is 2. The summed E-state index contributed by atoms with van der Waals surface area (Å²) < 4.78 is 13.6. The Morgan fingerprint density at radius 1 is 1.37 bits per heavy atom. The maximum Gasteiger partial charge on any atom is 0.220 e. The van der Waals surface area contributed by atoms with Crippen molar-refractivity contribution in [2.75, 3.05) is 32.7 Å². The average Bonchev–Trinajstić information content (AvgIpc) is 3.37. The van der Waals surface area contributed by atoms with Crippen LogP contribution in [0.1, 0.15) is 44.6 Å². The number of carbonyl (C=O) groups is 1. The van der Waals surface area contributed by atoms with Crippen molar-refractivity contribution in [3.8, 4) is 0 Å². The molecule has 1 saturated carbocycles. The van der Waals surface area contributed by atoms with Crippen molar-refractivity contribution in [2.24, 2.45) is 10.4 Å². The van der Waals surface area contributed by atoms with Gasteiger partial charge in [0.2, 0.25) is 5.91 Å². The van der Waals surface area contributed by atoms with Gasteiger partial charge >= 0.3 is 0 Å². The van der Waals surface area contributed by atoms with Gasteiger partial charge in [0.05, 0.1) is 6.54 Å². The minimum absolute atomic E-state index is 0.0128. The molecule has 1 amide bonds. The Labute approximate surface area is 160 Å². The van der Waals surface area contributed by atoms with E-state index in [1.807, 2.05) is 6.07 Å². The SMILES string of the molecule is CCNC(=NCC1(c2cccc(F)c2)CC1)N1CCCC2(CNC(=O)C2)C1. The quantitative estimate of drug-likeness (QED) is 0.630.